The number of rotatable bonds is 7. The topological polar surface area (TPSA) is 48.0 Å². The Hall–Kier alpha value is -2.14. The molecule has 3 aromatic rings. The second-order valence-electron chi connectivity index (χ2n) is 8.39. The van der Waals surface area contributed by atoms with E-state index in [9.17, 15) is 4.79 Å². The third kappa shape index (κ3) is 5.35. The first-order valence-corrected chi connectivity index (χ1v) is 13.7. The molecule has 5 nitrogen and oxygen atoms in total. The Kier molecular flexibility index (Phi) is 7.62. The van der Waals surface area contributed by atoms with Crippen molar-refractivity contribution in [1.29, 1.82) is 0 Å². The van der Waals surface area contributed by atoms with Crippen LogP contribution in [-0.2, 0) is 16.1 Å². The summed E-state index contributed by atoms with van der Waals surface area (Å²) in [5.74, 6) is 1.24. The van der Waals surface area contributed by atoms with Gasteiger partial charge in [-0.3, -0.25) is 9.69 Å². The van der Waals surface area contributed by atoms with Crippen molar-refractivity contribution in [2.45, 2.75) is 25.6 Å². The minimum absolute atomic E-state index is 0.0658. The Bertz CT molecular complexity index is 1310. The number of halogens is 1. The van der Waals surface area contributed by atoms with Crippen molar-refractivity contribution in [2.75, 3.05) is 20.3 Å². The molecule has 0 spiro atoms. The molecular weight excluding hydrogens is 593 g/mol. The van der Waals surface area contributed by atoms with Crippen LogP contribution in [0.3, 0.4) is 0 Å². The summed E-state index contributed by atoms with van der Waals surface area (Å²) in [5, 5.41) is 2.35. The zero-order valence-electron chi connectivity index (χ0n) is 19.2. The molecule has 35 heavy (non-hydrogen) atoms. The molecule has 0 radical (unpaired) electrons. The van der Waals surface area contributed by atoms with Crippen LogP contribution in [0.1, 0.15) is 24.0 Å². The van der Waals surface area contributed by atoms with Crippen molar-refractivity contribution >= 4 is 73.6 Å². The lowest BCUT2D eigenvalue weighted by Gasteiger charge is -2.18. The fraction of sp³-hybridized carbons (Fsp3) is 0.259. The molecule has 0 bridgehead atoms. The Balaban J connectivity index is 1.35. The zero-order valence-corrected chi connectivity index (χ0v) is 23.0. The normalized spacial score (nSPS) is 19.2. The molecule has 2 heterocycles. The van der Waals surface area contributed by atoms with Crippen molar-refractivity contribution < 1.29 is 19.0 Å². The Labute approximate surface area is 227 Å². The van der Waals surface area contributed by atoms with Crippen LogP contribution >= 0.6 is 46.6 Å². The van der Waals surface area contributed by atoms with E-state index in [4.69, 9.17) is 26.4 Å². The summed E-state index contributed by atoms with van der Waals surface area (Å²) in [6, 6.07) is 18.4. The highest BCUT2D eigenvalue weighted by Gasteiger charge is 2.34. The van der Waals surface area contributed by atoms with Crippen LogP contribution in [-0.4, -0.2) is 41.5 Å². The highest BCUT2D eigenvalue weighted by Crippen LogP contribution is 2.38. The number of benzene rings is 3. The number of hydrogen-bond acceptors (Lipinski definition) is 6. The number of hydrogen-bond donors (Lipinski definition) is 0. The van der Waals surface area contributed by atoms with Crippen LogP contribution in [0, 0.1) is 3.57 Å². The third-order valence-electron chi connectivity index (χ3n) is 6.09. The van der Waals surface area contributed by atoms with Crippen LogP contribution in [0.5, 0.6) is 11.5 Å². The standard InChI is InChI=1S/C27H24INO4S2/c1-31-23-13-17(14-24-26(30)29(27(34)35-24)15-20-9-5-11-32-20)12-22(28)25(23)33-16-19-8-4-7-18-6-2-3-10-21(18)19/h2-4,6-8,10,12-14,20H,5,9,11,15-16H2,1H3/b24-14-/t20-/m0/s1. The Morgan fingerprint density at radius 2 is 2.06 bits per heavy atom. The lowest BCUT2D eigenvalue weighted by Crippen LogP contribution is -2.35. The average molecular weight is 618 g/mol. The first-order chi connectivity index (χ1) is 17.0. The quantitative estimate of drug-likeness (QED) is 0.174. The summed E-state index contributed by atoms with van der Waals surface area (Å²) in [6.07, 6.45) is 3.93. The van der Waals surface area contributed by atoms with Crippen molar-refractivity contribution in [3.8, 4) is 11.5 Å². The van der Waals surface area contributed by atoms with E-state index in [1.54, 1.807) is 12.0 Å². The molecule has 0 saturated carbocycles. The summed E-state index contributed by atoms with van der Waals surface area (Å²) < 4.78 is 19.1. The van der Waals surface area contributed by atoms with Gasteiger partial charge in [0, 0.05) is 6.61 Å². The van der Waals surface area contributed by atoms with Gasteiger partial charge in [-0.15, -0.1) is 0 Å². The van der Waals surface area contributed by atoms with Crippen molar-refractivity contribution in [3.63, 3.8) is 0 Å². The van der Waals surface area contributed by atoms with E-state index in [-0.39, 0.29) is 12.0 Å². The fourth-order valence-corrected chi connectivity index (χ4v) is 6.39. The van der Waals surface area contributed by atoms with E-state index in [1.807, 2.05) is 36.4 Å². The summed E-state index contributed by atoms with van der Waals surface area (Å²) in [5.41, 5.74) is 1.97. The van der Waals surface area contributed by atoms with Crippen LogP contribution in [0.25, 0.3) is 16.8 Å². The number of nitrogens with zero attached hydrogens (tertiary/aromatic N) is 1. The van der Waals surface area contributed by atoms with Gasteiger partial charge in [0.05, 0.1) is 28.2 Å². The number of fused-ring (bicyclic) bond motifs is 1. The number of ether oxygens (including phenoxy) is 3. The number of amides is 1. The van der Waals surface area contributed by atoms with E-state index < -0.39 is 0 Å². The first-order valence-electron chi connectivity index (χ1n) is 11.4. The second kappa shape index (κ2) is 10.9. The summed E-state index contributed by atoms with van der Waals surface area (Å²) in [6.45, 7) is 1.70. The molecule has 0 N–H and O–H groups in total. The molecule has 0 aromatic heterocycles. The van der Waals surface area contributed by atoms with Crippen LogP contribution < -0.4 is 9.47 Å². The molecule has 180 valence electrons. The molecule has 0 aliphatic carbocycles. The van der Waals surface area contributed by atoms with Gasteiger partial charge in [0.2, 0.25) is 0 Å². The fourth-order valence-electron chi connectivity index (χ4n) is 4.33. The predicted molar refractivity (Wildman–Crippen MR) is 153 cm³/mol. The van der Waals surface area contributed by atoms with E-state index in [0.717, 1.165) is 34.1 Å². The number of carbonyl (C=O) groups excluding carboxylic acids is 1. The van der Waals surface area contributed by atoms with Gasteiger partial charge < -0.3 is 14.2 Å². The molecule has 0 unspecified atom stereocenters. The van der Waals surface area contributed by atoms with Crippen molar-refractivity contribution in [3.05, 3.63) is 74.2 Å². The molecule has 2 fully saturated rings. The zero-order chi connectivity index (χ0) is 24.4. The van der Waals surface area contributed by atoms with Gasteiger partial charge in [-0.1, -0.05) is 66.4 Å². The number of thiocarbonyl (C=S) groups is 1. The maximum atomic E-state index is 13.0. The van der Waals surface area contributed by atoms with E-state index in [1.165, 1.54) is 22.5 Å². The van der Waals surface area contributed by atoms with Gasteiger partial charge in [-0.25, -0.2) is 0 Å². The number of carbonyl (C=O) groups is 1. The van der Waals surface area contributed by atoms with E-state index in [0.29, 0.717) is 33.9 Å². The lowest BCUT2D eigenvalue weighted by molar-refractivity contribution is -0.123. The third-order valence-corrected chi connectivity index (χ3v) is 8.26. The highest BCUT2D eigenvalue weighted by atomic mass is 127. The molecule has 1 atom stereocenters. The summed E-state index contributed by atoms with van der Waals surface area (Å²) >= 11 is 9.06. The number of methoxy groups -OCH3 is 1. The van der Waals surface area contributed by atoms with E-state index >= 15 is 0 Å². The average Bonchev–Trinajstić information content (AvgIpc) is 3.47. The maximum Gasteiger partial charge on any atom is 0.266 e. The number of thioether (sulfide) groups is 1. The van der Waals surface area contributed by atoms with Gasteiger partial charge >= 0.3 is 0 Å². The molecular formula is C27H24INO4S2. The summed E-state index contributed by atoms with van der Waals surface area (Å²) in [4.78, 5) is 15.3. The molecule has 8 heteroatoms. The van der Waals surface area contributed by atoms with Gasteiger partial charge in [-0.05, 0) is 75.5 Å². The van der Waals surface area contributed by atoms with E-state index in [2.05, 4.69) is 46.9 Å². The van der Waals surface area contributed by atoms with Crippen LogP contribution in [0.15, 0.2) is 59.5 Å². The molecule has 1 amide bonds. The first kappa shape index (κ1) is 24.5. The Morgan fingerprint density at radius 1 is 1.23 bits per heavy atom. The van der Waals surface area contributed by atoms with Crippen molar-refractivity contribution in [1.82, 2.24) is 4.90 Å². The highest BCUT2D eigenvalue weighted by molar-refractivity contribution is 14.1. The van der Waals surface area contributed by atoms with Gasteiger partial charge in [0.1, 0.15) is 10.9 Å². The lowest BCUT2D eigenvalue weighted by atomic mass is 10.1. The largest absolute Gasteiger partial charge is 0.493 e. The molecule has 2 aliphatic heterocycles. The minimum Gasteiger partial charge on any atom is -0.493 e. The van der Waals surface area contributed by atoms with Crippen molar-refractivity contribution in [2.24, 2.45) is 0 Å². The van der Waals surface area contributed by atoms with Gasteiger partial charge in [-0.2, -0.15) is 0 Å². The summed E-state index contributed by atoms with van der Waals surface area (Å²) in [7, 11) is 1.63. The predicted octanol–water partition coefficient (Wildman–Crippen LogP) is 6.41. The molecule has 2 aliphatic rings. The smallest absolute Gasteiger partial charge is 0.266 e. The van der Waals surface area contributed by atoms with Gasteiger partial charge in [0.25, 0.3) is 5.91 Å². The Morgan fingerprint density at radius 3 is 2.86 bits per heavy atom. The molecule has 3 aromatic carbocycles. The second-order valence-corrected chi connectivity index (χ2v) is 11.2. The minimum atomic E-state index is -0.0687. The monoisotopic (exact) mass is 617 g/mol. The SMILES string of the molecule is COc1cc(/C=C2\SC(=S)N(C[C@@H]3CCCO3)C2=O)cc(I)c1OCc1cccc2ccccc12. The molecule has 2 saturated heterocycles. The van der Waals surface area contributed by atoms with Crippen LogP contribution in [0.4, 0.5) is 0 Å². The van der Waals surface area contributed by atoms with Crippen LogP contribution in [0.2, 0.25) is 0 Å². The molecule has 5 rings (SSSR count). The maximum absolute atomic E-state index is 13.0. The van der Waals surface area contributed by atoms with Gasteiger partial charge in [0.15, 0.2) is 11.5 Å².